The van der Waals surface area contributed by atoms with E-state index >= 15 is 0 Å². The number of carbonyl (C=O) groups excluding carboxylic acids is 2. The van der Waals surface area contributed by atoms with Gasteiger partial charge in [-0.15, -0.1) is 0 Å². The van der Waals surface area contributed by atoms with Crippen LogP contribution in [-0.4, -0.2) is 42.5 Å². The summed E-state index contributed by atoms with van der Waals surface area (Å²) in [6, 6.07) is 17.6. The van der Waals surface area contributed by atoms with Gasteiger partial charge in [0.1, 0.15) is 6.04 Å². The summed E-state index contributed by atoms with van der Waals surface area (Å²) in [4.78, 5) is 27.7. The van der Waals surface area contributed by atoms with Crippen molar-refractivity contribution in [3.8, 4) is 0 Å². The monoisotopic (exact) mass is 366 g/mol. The molecule has 3 rings (SSSR count). The number of hydrogen-bond acceptors (Lipinski definition) is 3. The Balaban J connectivity index is 1.80. The van der Waals surface area contributed by atoms with Gasteiger partial charge in [0.05, 0.1) is 6.10 Å². The molecule has 0 saturated carbocycles. The number of rotatable bonds is 7. The quantitative estimate of drug-likeness (QED) is 0.819. The van der Waals surface area contributed by atoms with Gasteiger partial charge >= 0.3 is 0 Å². The van der Waals surface area contributed by atoms with Gasteiger partial charge in [-0.25, -0.2) is 0 Å². The van der Waals surface area contributed by atoms with Gasteiger partial charge in [-0.3, -0.25) is 9.59 Å². The Kier molecular flexibility index (Phi) is 6.60. The highest BCUT2D eigenvalue weighted by atomic mass is 16.5. The van der Waals surface area contributed by atoms with E-state index in [9.17, 15) is 9.59 Å². The SMILES string of the molecule is CCN(CC1CCCO1)C(=O)C(NC(=O)c1ccccc1)c1ccccc1. The van der Waals surface area contributed by atoms with Crippen LogP contribution in [0.15, 0.2) is 60.7 Å². The Hall–Kier alpha value is -2.66. The van der Waals surface area contributed by atoms with Crippen molar-refractivity contribution in [2.45, 2.75) is 31.9 Å². The van der Waals surface area contributed by atoms with Crippen molar-refractivity contribution in [1.29, 1.82) is 0 Å². The van der Waals surface area contributed by atoms with Gasteiger partial charge in [0.15, 0.2) is 0 Å². The number of nitrogens with zero attached hydrogens (tertiary/aromatic N) is 1. The van der Waals surface area contributed by atoms with Crippen LogP contribution in [0.1, 0.15) is 41.7 Å². The van der Waals surface area contributed by atoms with E-state index in [1.165, 1.54) is 0 Å². The van der Waals surface area contributed by atoms with E-state index in [0.29, 0.717) is 18.7 Å². The molecule has 1 aliphatic heterocycles. The van der Waals surface area contributed by atoms with E-state index in [2.05, 4.69) is 5.32 Å². The van der Waals surface area contributed by atoms with Gasteiger partial charge in [-0.2, -0.15) is 0 Å². The lowest BCUT2D eigenvalue weighted by atomic mass is 10.0. The number of amides is 2. The molecule has 5 heteroatoms. The molecule has 27 heavy (non-hydrogen) atoms. The zero-order valence-electron chi connectivity index (χ0n) is 15.6. The summed E-state index contributed by atoms with van der Waals surface area (Å²) in [7, 11) is 0. The van der Waals surface area contributed by atoms with E-state index in [1.54, 1.807) is 17.0 Å². The third-order valence-corrected chi connectivity index (χ3v) is 4.83. The van der Waals surface area contributed by atoms with Gasteiger partial charge in [0.25, 0.3) is 5.91 Å². The molecular weight excluding hydrogens is 340 g/mol. The molecule has 1 heterocycles. The highest BCUT2D eigenvalue weighted by Gasteiger charge is 2.29. The third kappa shape index (κ3) is 4.95. The number of likely N-dealkylation sites (N-methyl/N-ethyl adjacent to an activating group) is 1. The molecule has 0 aromatic heterocycles. The molecule has 2 amide bonds. The van der Waals surface area contributed by atoms with Gasteiger partial charge in [-0.05, 0) is 37.5 Å². The molecule has 5 nitrogen and oxygen atoms in total. The van der Waals surface area contributed by atoms with Crippen molar-refractivity contribution < 1.29 is 14.3 Å². The van der Waals surface area contributed by atoms with Crippen LogP contribution in [0.4, 0.5) is 0 Å². The predicted octanol–water partition coefficient (Wildman–Crippen LogP) is 3.19. The molecule has 2 aromatic carbocycles. The zero-order chi connectivity index (χ0) is 19.1. The van der Waals surface area contributed by atoms with Crippen molar-refractivity contribution in [3.05, 3.63) is 71.8 Å². The maximum atomic E-state index is 13.3. The minimum Gasteiger partial charge on any atom is -0.376 e. The average molecular weight is 366 g/mol. The Morgan fingerprint density at radius 2 is 1.78 bits per heavy atom. The molecule has 1 saturated heterocycles. The molecule has 2 aromatic rings. The average Bonchev–Trinajstić information content (AvgIpc) is 3.24. The predicted molar refractivity (Wildman–Crippen MR) is 104 cm³/mol. The van der Waals surface area contributed by atoms with Crippen LogP contribution in [0.5, 0.6) is 0 Å². The summed E-state index contributed by atoms with van der Waals surface area (Å²) >= 11 is 0. The van der Waals surface area contributed by atoms with Crippen LogP contribution < -0.4 is 5.32 Å². The van der Waals surface area contributed by atoms with Crippen LogP contribution >= 0.6 is 0 Å². The van der Waals surface area contributed by atoms with E-state index in [4.69, 9.17) is 4.74 Å². The molecular formula is C22H26N2O3. The summed E-state index contributed by atoms with van der Waals surface area (Å²) in [5, 5.41) is 2.92. The van der Waals surface area contributed by atoms with Gasteiger partial charge in [0.2, 0.25) is 5.91 Å². The molecule has 2 atom stereocenters. The third-order valence-electron chi connectivity index (χ3n) is 4.83. The largest absolute Gasteiger partial charge is 0.376 e. The Morgan fingerprint density at radius 1 is 1.11 bits per heavy atom. The lowest BCUT2D eigenvalue weighted by molar-refractivity contribution is -0.134. The maximum absolute atomic E-state index is 13.3. The van der Waals surface area contributed by atoms with Crippen LogP contribution in [-0.2, 0) is 9.53 Å². The molecule has 0 bridgehead atoms. The summed E-state index contributed by atoms with van der Waals surface area (Å²) in [5.74, 6) is -0.366. The fraction of sp³-hybridized carbons (Fsp3) is 0.364. The number of carbonyl (C=O) groups is 2. The highest BCUT2D eigenvalue weighted by molar-refractivity contribution is 5.97. The van der Waals surface area contributed by atoms with E-state index in [1.807, 2.05) is 55.5 Å². The minimum atomic E-state index is -0.722. The normalized spacial score (nSPS) is 17.3. The second kappa shape index (κ2) is 9.33. The number of nitrogens with one attached hydrogen (secondary N) is 1. The van der Waals surface area contributed by atoms with Crippen molar-refractivity contribution in [2.24, 2.45) is 0 Å². The standard InChI is InChI=1S/C22H26N2O3/c1-2-24(16-19-14-9-15-27-19)22(26)20(17-10-5-3-6-11-17)23-21(25)18-12-7-4-8-13-18/h3-8,10-13,19-20H,2,9,14-16H2,1H3,(H,23,25). The first-order chi connectivity index (χ1) is 13.2. The molecule has 0 spiro atoms. The molecule has 1 N–H and O–H groups in total. The van der Waals surface area contributed by atoms with Crippen LogP contribution in [0.2, 0.25) is 0 Å². The van der Waals surface area contributed by atoms with Crippen LogP contribution in [0.3, 0.4) is 0 Å². The summed E-state index contributed by atoms with van der Waals surface area (Å²) < 4.78 is 5.69. The van der Waals surface area contributed by atoms with Gasteiger partial charge in [-0.1, -0.05) is 48.5 Å². The van der Waals surface area contributed by atoms with Crippen molar-refractivity contribution >= 4 is 11.8 Å². The topological polar surface area (TPSA) is 58.6 Å². The summed E-state index contributed by atoms with van der Waals surface area (Å²) in [6.45, 7) is 3.83. The molecule has 0 aliphatic carbocycles. The van der Waals surface area contributed by atoms with E-state index in [0.717, 1.165) is 25.0 Å². The Labute approximate surface area is 160 Å². The Morgan fingerprint density at radius 3 is 2.37 bits per heavy atom. The van der Waals surface area contributed by atoms with Gasteiger partial charge < -0.3 is 15.0 Å². The number of ether oxygens (including phenoxy) is 1. The van der Waals surface area contributed by atoms with Crippen LogP contribution in [0.25, 0.3) is 0 Å². The van der Waals surface area contributed by atoms with E-state index < -0.39 is 6.04 Å². The first kappa shape index (κ1) is 19.1. The van der Waals surface area contributed by atoms with Gasteiger partial charge in [0, 0.05) is 25.3 Å². The van der Waals surface area contributed by atoms with E-state index in [-0.39, 0.29) is 17.9 Å². The second-order valence-corrected chi connectivity index (χ2v) is 6.70. The summed E-state index contributed by atoms with van der Waals surface area (Å²) in [6.07, 6.45) is 2.08. The minimum absolute atomic E-state index is 0.0788. The second-order valence-electron chi connectivity index (χ2n) is 6.70. The fourth-order valence-electron chi connectivity index (χ4n) is 3.33. The lowest BCUT2D eigenvalue weighted by Gasteiger charge is -2.29. The molecule has 142 valence electrons. The molecule has 0 radical (unpaired) electrons. The molecule has 2 unspecified atom stereocenters. The first-order valence-electron chi connectivity index (χ1n) is 9.50. The van der Waals surface area contributed by atoms with Crippen molar-refractivity contribution in [1.82, 2.24) is 10.2 Å². The first-order valence-corrected chi connectivity index (χ1v) is 9.50. The number of hydrogen-bond donors (Lipinski definition) is 1. The smallest absolute Gasteiger partial charge is 0.252 e. The van der Waals surface area contributed by atoms with Crippen LogP contribution in [0, 0.1) is 0 Å². The summed E-state index contributed by atoms with van der Waals surface area (Å²) in [5.41, 5.74) is 1.31. The van der Waals surface area contributed by atoms with Crippen molar-refractivity contribution in [2.75, 3.05) is 19.7 Å². The zero-order valence-corrected chi connectivity index (χ0v) is 15.6. The highest BCUT2D eigenvalue weighted by Crippen LogP contribution is 2.19. The molecule has 1 aliphatic rings. The number of benzene rings is 2. The lowest BCUT2D eigenvalue weighted by Crippen LogP contribution is -2.45. The Bertz CT molecular complexity index is 743. The maximum Gasteiger partial charge on any atom is 0.252 e. The van der Waals surface area contributed by atoms with Crippen molar-refractivity contribution in [3.63, 3.8) is 0 Å². The fourth-order valence-corrected chi connectivity index (χ4v) is 3.33. The molecule has 1 fully saturated rings.